The van der Waals surface area contributed by atoms with Gasteiger partial charge in [-0.2, -0.15) is 4.31 Å². The van der Waals surface area contributed by atoms with E-state index in [0.29, 0.717) is 5.69 Å². The summed E-state index contributed by atoms with van der Waals surface area (Å²) in [5.41, 5.74) is 4.78. The topological polar surface area (TPSA) is 83.6 Å². The van der Waals surface area contributed by atoms with Crippen LogP contribution in [0.5, 0.6) is 0 Å². The second-order valence-electron chi connectivity index (χ2n) is 4.93. The normalized spacial score (nSPS) is 12.9. The molecule has 0 unspecified atom stereocenters. The minimum atomic E-state index is -3.69. The molecule has 0 radical (unpaired) electrons. The number of likely N-dealkylation sites (N-methyl/N-ethyl adjacent to an activating group) is 1. The number of rotatable bonds is 5. The standard InChI is InChI=1S/C12H19ClN2O3S/c1-4-15(8-12(2,3)16)19(17,18)9-5-6-11(14)10(13)7-9/h5-7,16H,4,8,14H2,1-3H3. The Morgan fingerprint density at radius 2 is 2.00 bits per heavy atom. The van der Waals surface area contributed by atoms with Gasteiger partial charge in [0.1, 0.15) is 0 Å². The summed E-state index contributed by atoms with van der Waals surface area (Å²) in [5.74, 6) is 0. The molecule has 0 spiro atoms. The molecule has 3 N–H and O–H groups in total. The second-order valence-corrected chi connectivity index (χ2v) is 7.27. The second kappa shape index (κ2) is 5.66. The van der Waals surface area contributed by atoms with Crippen molar-refractivity contribution in [1.29, 1.82) is 0 Å². The third-order valence-electron chi connectivity index (χ3n) is 2.53. The number of nitrogen functional groups attached to an aromatic ring is 1. The van der Waals surface area contributed by atoms with Gasteiger partial charge in [-0.25, -0.2) is 8.42 Å². The maximum atomic E-state index is 12.4. The van der Waals surface area contributed by atoms with Crippen LogP contribution in [0, 0.1) is 0 Å². The summed E-state index contributed by atoms with van der Waals surface area (Å²) < 4.78 is 26.0. The monoisotopic (exact) mass is 306 g/mol. The van der Waals surface area contributed by atoms with Crippen molar-refractivity contribution in [3.63, 3.8) is 0 Å². The van der Waals surface area contributed by atoms with Crippen LogP contribution in [0.3, 0.4) is 0 Å². The first-order valence-corrected chi connectivity index (χ1v) is 7.67. The summed E-state index contributed by atoms with van der Waals surface area (Å²) in [7, 11) is -3.69. The zero-order valence-corrected chi connectivity index (χ0v) is 12.8. The van der Waals surface area contributed by atoms with Crippen LogP contribution in [-0.2, 0) is 10.0 Å². The zero-order chi connectivity index (χ0) is 14.8. The zero-order valence-electron chi connectivity index (χ0n) is 11.2. The van der Waals surface area contributed by atoms with Gasteiger partial charge in [0.15, 0.2) is 0 Å². The SMILES string of the molecule is CCN(CC(C)(C)O)S(=O)(=O)c1ccc(N)c(Cl)c1. The van der Waals surface area contributed by atoms with E-state index in [4.69, 9.17) is 17.3 Å². The number of benzene rings is 1. The van der Waals surface area contributed by atoms with Crippen molar-refractivity contribution in [2.24, 2.45) is 0 Å². The van der Waals surface area contributed by atoms with Crippen molar-refractivity contribution in [2.75, 3.05) is 18.8 Å². The van der Waals surface area contributed by atoms with Crippen molar-refractivity contribution in [3.05, 3.63) is 23.2 Å². The lowest BCUT2D eigenvalue weighted by Crippen LogP contribution is -2.42. The predicted molar refractivity (Wildman–Crippen MR) is 76.6 cm³/mol. The molecule has 0 heterocycles. The molecular weight excluding hydrogens is 288 g/mol. The summed E-state index contributed by atoms with van der Waals surface area (Å²) in [4.78, 5) is 0.0674. The van der Waals surface area contributed by atoms with Crippen LogP contribution in [0.4, 0.5) is 5.69 Å². The van der Waals surface area contributed by atoms with E-state index >= 15 is 0 Å². The molecule has 0 aliphatic heterocycles. The van der Waals surface area contributed by atoms with Gasteiger partial charge in [-0.1, -0.05) is 18.5 Å². The molecule has 108 valence electrons. The van der Waals surface area contributed by atoms with E-state index in [0.717, 1.165) is 0 Å². The van der Waals surface area contributed by atoms with Crippen LogP contribution < -0.4 is 5.73 Å². The number of hydrogen-bond donors (Lipinski definition) is 2. The first-order valence-electron chi connectivity index (χ1n) is 5.85. The Labute approximate surface area is 119 Å². The minimum Gasteiger partial charge on any atom is -0.398 e. The molecule has 0 atom stereocenters. The molecule has 0 bridgehead atoms. The van der Waals surface area contributed by atoms with Crippen LogP contribution in [0.25, 0.3) is 0 Å². The lowest BCUT2D eigenvalue weighted by atomic mass is 10.1. The Hall–Kier alpha value is -0.820. The van der Waals surface area contributed by atoms with Crippen molar-refractivity contribution >= 4 is 27.3 Å². The maximum absolute atomic E-state index is 12.4. The first kappa shape index (κ1) is 16.2. The Bertz CT molecular complexity index is 553. The molecule has 19 heavy (non-hydrogen) atoms. The predicted octanol–water partition coefficient (Wildman–Crippen LogP) is 1.70. The van der Waals surface area contributed by atoms with Crippen LogP contribution in [0.1, 0.15) is 20.8 Å². The number of aliphatic hydroxyl groups is 1. The highest BCUT2D eigenvalue weighted by atomic mass is 35.5. The molecule has 0 amide bonds. The summed E-state index contributed by atoms with van der Waals surface area (Å²) in [5, 5.41) is 9.97. The Balaban J connectivity index is 3.17. The largest absolute Gasteiger partial charge is 0.398 e. The van der Waals surface area contributed by atoms with Gasteiger partial charge in [0, 0.05) is 13.1 Å². The molecule has 1 rings (SSSR count). The maximum Gasteiger partial charge on any atom is 0.243 e. The molecule has 0 saturated heterocycles. The Kier molecular flexibility index (Phi) is 4.84. The number of anilines is 1. The quantitative estimate of drug-likeness (QED) is 0.811. The lowest BCUT2D eigenvalue weighted by Gasteiger charge is -2.27. The number of hydrogen-bond acceptors (Lipinski definition) is 4. The fourth-order valence-electron chi connectivity index (χ4n) is 1.62. The van der Waals surface area contributed by atoms with Gasteiger partial charge in [-0.3, -0.25) is 0 Å². The van der Waals surface area contributed by atoms with E-state index in [1.54, 1.807) is 20.8 Å². The third kappa shape index (κ3) is 4.07. The molecule has 1 aromatic carbocycles. The molecular formula is C12H19ClN2O3S. The van der Waals surface area contributed by atoms with Crippen molar-refractivity contribution < 1.29 is 13.5 Å². The molecule has 5 nitrogen and oxygen atoms in total. The smallest absolute Gasteiger partial charge is 0.243 e. The number of nitrogens with zero attached hydrogens (tertiary/aromatic N) is 1. The number of nitrogens with two attached hydrogens (primary N) is 1. The number of sulfonamides is 1. The van der Waals surface area contributed by atoms with Gasteiger partial charge >= 0.3 is 0 Å². The summed E-state index contributed by atoms with van der Waals surface area (Å²) in [6.07, 6.45) is 0. The van der Waals surface area contributed by atoms with Gasteiger partial charge in [-0.05, 0) is 32.0 Å². The Morgan fingerprint density at radius 1 is 1.42 bits per heavy atom. The van der Waals surface area contributed by atoms with Crippen LogP contribution in [-0.4, -0.2) is 36.5 Å². The highest BCUT2D eigenvalue weighted by Crippen LogP contribution is 2.25. The fraction of sp³-hybridized carbons (Fsp3) is 0.500. The van der Waals surface area contributed by atoms with Gasteiger partial charge in [0.25, 0.3) is 0 Å². The lowest BCUT2D eigenvalue weighted by molar-refractivity contribution is 0.0601. The van der Waals surface area contributed by atoms with E-state index in [1.165, 1.54) is 22.5 Å². The number of halogens is 1. The Morgan fingerprint density at radius 3 is 2.42 bits per heavy atom. The van der Waals surface area contributed by atoms with Gasteiger partial charge < -0.3 is 10.8 Å². The molecule has 7 heteroatoms. The van der Waals surface area contributed by atoms with Gasteiger partial charge in [0.2, 0.25) is 10.0 Å². The van der Waals surface area contributed by atoms with Gasteiger partial charge in [0.05, 0.1) is 21.2 Å². The first-order chi connectivity index (χ1) is 8.58. The highest BCUT2D eigenvalue weighted by molar-refractivity contribution is 7.89. The molecule has 0 aliphatic carbocycles. The fourth-order valence-corrected chi connectivity index (χ4v) is 3.49. The average molecular weight is 307 g/mol. The molecule has 0 saturated carbocycles. The van der Waals surface area contributed by atoms with Crippen LogP contribution >= 0.6 is 11.6 Å². The van der Waals surface area contributed by atoms with Crippen molar-refractivity contribution in [1.82, 2.24) is 4.31 Å². The van der Waals surface area contributed by atoms with E-state index in [-0.39, 0.29) is 23.0 Å². The molecule has 0 aliphatic rings. The summed E-state index contributed by atoms with van der Waals surface area (Å²) in [6, 6.07) is 4.18. The summed E-state index contributed by atoms with van der Waals surface area (Å²) in [6.45, 7) is 5.09. The van der Waals surface area contributed by atoms with Crippen molar-refractivity contribution in [3.8, 4) is 0 Å². The molecule has 0 aromatic heterocycles. The molecule has 0 fully saturated rings. The van der Waals surface area contributed by atoms with E-state index in [9.17, 15) is 13.5 Å². The minimum absolute atomic E-state index is 0.00777. The van der Waals surface area contributed by atoms with E-state index < -0.39 is 15.6 Å². The average Bonchev–Trinajstić information content (AvgIpc) is 2.28. The van der Waals surface area contributed by atoms with Crippen LogP contribution in [0.15, 0.2) is 23.1 Å². The van der Waals surface area contributed by atoms with E-state index in [2.05, 4.69) is 0 Å². The third-order valence-corrected chi connectivity index (χ3v) is 4.77. The summed E-state index contributed by atoms with van der Waals surface area (Å²) >= 11 is 5.84. The highest BCUT2D eigenvalue weighted by Gasteiger charge is 2.28. The van der Waals surface area contributed by atoms with Gasteiger partial charge in [-0.15, -0.1) is 0 Å². The van der Waals surface area contributed by atoms with Crippen molar-refractivity contribution in [2.45, 2.75) is 31.3 Å². The van der Waals surface area contributed by atoms with E-state index in [1.807, 2.05) is 0 Å². The van der Waals surface area contributed by atoms with Crippen LogP contribution in [0.2, 0.25) is 5.02 Å². The molecule has 1 aromatic rings.